The van der Waals surface area contributed by atoms with Gasteiger partial charge in [-0.1, -0.05) is 12.1 Å². The molecule has 1 atom stereocenters. The quantitative estimate of drug-likeness (QED) is 0.368. The van der Waals surface area contributed by atoms with E-state index in [-0.39, 0.29) is 0 Å². The normalized spacial score (nSPS) is 14.8. The molecule has 0 spiro atoms. The van der Waals surface area contributed by atoms with Gasteiger partial charge in [-0.25, -0.2) is 14.5 Å². The molecular formula is C27H29N3O3S. The molecule has 0 saturated carbocycles. The molecule has 1 aromatic carbocycles. The number of ether oxygens (including phenoxy) is 1. The summed E-state index contributed by atoms with van der Waals surface area (Å²) < 4.78 is 7.96. The van der Waals surface area contributed by atoms with Crippen LogP contribution in [0.2, 0.25) is 0 Å². The van der Waals surface area contributed by atoms with Crippen molar-refractivity contribution in [3.05, 3.63) is 64.4 Å². The third-order valence-corrected chi connectivity index (χ3v) is 7.38. The second-order valence-corrected chi connectivity index (χ2v) is 10.9. The summed E-state index contributed by atoms with van der Waals surface area (Å²) in [6.07, 6.45) is 6.89. The van der Waals surface area contributed by atoms with Crippen molar-refractivity contribution in [1.29, 1.82) is 0 Å². The molecule has 0 aliphatic heterocycles. The Morgan fingerprint density at radius 3 is 2.71 bits per heavy atom. The largest absolute Gasteiger partial charge is 0.479 e. The predicted octanol–water partition coefficient (Wildman–Crippen LogP) is 6.28. The number of aromatic nitrogens is 3. The zero-order valence-corrected chi connectivity index (χ0v) is 20.8. The predicted molar refractivity (Wildman–Crippen MR) is 135 cm³/mol. The number of aliphatic carboxylic acids is 1. The fraction of sp³-hybridized carbons (Fsp3) is 0.370. The van der Waals surface area contributed by atoms with E-state index < -0.39 is 17.7 Å². The lowest BCUT2D eigenvalue weighted by Gasteiger charge is -2.28. The van der Waals surface area contributed by atoms with E-state index in [0.29, 0.717) is 11.3 Å². The minimum absolute atomic E-state index is 0.632. The van der Waals surface area contributed by atoms with Crippen LogP contribution in [0.3, 0.4) is 0 Å². The molecule has 0 radical (unpaired) electrons. The maximum Gasteiger partial charge on any atom is 0.337 e. The summed E-state index contributed by atoms with van der Waals surface area (Å²) in [5.41, 5.74) is 4.82. The topological polar surface area (TPSA) is 77.2 Å². The Morgan fingerprint density at radius 1 is 1.21 bits per heavy atom. The van der Waals surface area contributed by atoms with E-state index in [1.807, 2.05) is 62.8 Å². The summed E-state index contributed by atoms with van der Waals surface area (Å²) in [6, 6.07) is 10.0. The Labute approximate surface area is 203 Å². The Balaban J connectivity index is 1.84. The van der Waals surface area contributed by atoms with Crippen LogP contribution in [0.5, 0.6) is 0 Å². The van der Waals surface area contributed by atoms with E-state index in [1.54, 1.807) is 17.5 Å². The summed E-state index contributed by atoms with van der Waals surface area (Å²) in [7, 11) is 0. The average Bonchev–Trinajstić information content (AvgIpc) is 3.44. The van der Waals surface area contributed by atoms with Gasteiger partial charge in [-0.3, -0.25) is 0 Å². The van der Waals surface area contributed by atoms with Gasteiger partial charge in [0.15, 0.2) is 6.10 Å². The highest BCUT2D eigenvalue weighted by molar-refractivity contribution is 7.19. The van der Waals surface area contributed by atoms with Gasteiger partial charge in [0.2, 0.25) is 0 Å². The highest BCUT2D eigenvalue weighted by Crippen LogP contribution is 2.46. The highest BCUT2D eigenvalue weighted by atomic mass is 32.1. The molecule has 0 bridgehead atoms. The lowest BCUT2D eigenvalue weighted by atomic mass is 9.88. The van der Waals surface area contributed by atoms with Gasteiger partial charge in [-0.15, -0.1) is 11.3 Å². The third kappa shape index (κ3) is 4.14. The van der Waals surface area contributed by atoms with Crippen molar-refractivity contribution in [3.63, 3.8) is 0 Å². The minimum Gasteiger partial charge on any atom is -0.479 e. The van der Waals surface area contributed by atoms with E-state index in [1.165, 1.54) is 16.9 Å². The number of hydrogen-bond donors (Lipinski definition) is 1. The van der Waals surface area contributed by atoms with Gasteiger partial charge in [-0.2, -0.15) is 5.10 Å². The molecular weight excluding hydrogens is 446 g/mol. The molecule has 4 aromatic rings. The second-order valence-electron chi connectivity index (χ2n) is 9.83. The van der Waals surface area contributed by atoms with Crippen molar-refractivity contribution in [1.82, 2.24) is 14.8 Å². The molecule has 3 heterocycles. The van der Waals surface area contributed by atoms with Crippen molar-refractivity contribution in [2.45, 2.75) is 65.1 Å². The first kappa shape index (κ1) is 22.7. The smallest absolute Gasteiger partial charge is 0.337 e. The van der Waals surface area contributed by atoms with Crippen LogP contribution in [0.15, 0.2) is 42.7 Å². The molecule has 1 N–H and O–H groups in total. The molecule has 0 fully saturated rings. The Hall–Kier alpha value is -3.03. The van der Waals surface area contributed by atoms with E-state index in [0.717, 1.165) is 46.3 Å². The molecule has 176 valence electrons. The number of carboxylic acid groups (broad SMARTS) is 1. The molecule has 6 nitrogen and oxygen atoms in total. The Bertz CT molecular complexity index is 1370. The summed E-state index contributed by atoms with van der Waals surface area (Å²) in [6.45, 7) is 7.55. The van der Waals surface area contributed by atoms with Crippen molar-refractivity contribution in [2.24, 2.45) is 0 Å². The number of rotatable bonds is 5. The molecule has 5 rings (SSSR count). The first-order valence-electron chi connectivity index (χ1n) is 11.7. The van der Waals surface area contributed by atoms with Crippen LogP contribution in [0.25, 0.3) is 27.0 Å². The average molecular weight is 476 g/mol. The lowest BCUT2D eigenvalue weighted by molar-refractivity contribution is -0.160. The number of pyridine rings is 1. The number of benzene rings is 1. The fourth-order valence-corrected chi connectivity index (χ4v) is 6.17. The molecule has 7 heteroatoms. The van der Waals surface area contributed by atoms with Crippen molar-refractivity contribution < 1.29 is 14.6 Å². The fourth-order valence-electron chi connectivity index (χ4n) is 4.85. The summed E-state index contributed by atoms with van der Waals surface area (Å²) in [4.78, 5) is 19.8. The van der Waals surface area contributed by atoms with Crippen molar-refractivity contribution >= 4 is 27.5 Å². The van der Waals surface area contributed by atoms with Gasteiger partial charge < -0.3 is 9.84 Å². The number of hydrogen-bond acceptors (Lipinski definition) is 5. The maximum absolute atomic E-state index is 12.6. The van der Waals surface area contributed by atoms with E-state index in [9.17, 15) is 9.90 Å². The number of aryl methyl sites for hydroxylation is 3. The van der Waals surface area contributed by atoms with Crippen LogP contribution in [-0.4, -0.2) is 31.4 Å². The summed E-state index contributed by atoms with van der Waals surface area (Å²) in [5.74, 6) is -1.01. The van der Waals surface area contributed by atoms with Crippen LogP contribution < -0.4 is 0 Å². The summed E-state index contributed by atoms with van der Waals surface area (Å²) >= 11 is 1.75. The number of fused-ring (bicyclic) bond motifs is 3. The van der Waals surface area contributed by atoms with Crippen LogP contribution in [-0.2, 0) is 22.4 Å². The maximum atomic E-state index is 12.6. The van der Waals surface area contributed by atoms with Gasteiger partial charge >= 0.3 is 5.97 Å². The van der Waals surface area contributed by atoms with Crippen LogP contribution in [0.1, 0.15) is 61.4 Å². The van der Waals surface area contributed by atoms with Gasteiger partial charge in [0, 0.05) is 39.5 Å². The molecule has 0 saturated heterocycles. The van der Waals surface area contributed by atoms with Crippen molar-refractivity contribution in [2.75, 3.05) is 0 Å². The molecule has 1 unspecified atom stereocenters. The van der Waals surface area contributed by atoms with E-state index >= 15 is 0 Å². The first-order valence-corrected chi connectivity index (χ1v) is 12.5. The third-order valence-electron chi connectivity index (χ3n) is 6.19. The number of carboxylic acids is 1. The molecule has 3 aromatic heterocycles. The Morgan fingerprint density at radius 2 is 2.00 bits per heavy atom. The minimum atomic E-state index is -1.13. The van der Waals surface area contributed by atoms with Gasteiger partial charge in [0.1, 0.15) is 4.83 Å². The highest BCUT2D eigenvalue weighted by Gasteiger charge is 2.34. The van der Waals surface area contributed by atoms with E-state index in [2.05, 4.69) is 11.2 Å². The zero-order chi connectivity index (χ0) is 24.0. The summed E-state index contributed by atoms with van der Waals surface area (Å²) in [5, 5.41) is 15.8. The first-order chi connectivity index (χ1) is 16.2. The van der Waals surface area contributed by atoms with Gasteiger partial charge in [0.05, 0.1) is 11.3 Å². The van der Waals surface area contributed by atoms with Crippen LogP contribution in [0, 0.1) is 6.92 Å². The number of nitrogens with zero attached hydrogens (tertiary/aromatic N) is 3. The monoisotopic (exact) mass is 475 g/mol. The van der Waals surface area contributed by atoms with Gasteiger partial charge in [0.25, 0.3) is 0 Å². The zero-order valence-electron chi connectivity index (χ0n) is 20.0. The van der Waals surface area contributed by atoms with Crippen LogP contribution in [0.4, 0.5) is 0 Å². The van der Waals surface area contributed by atoms with Crippen LogP contribution >= 0.6 is 11.3 Å². The number of carbonyl (C=O) groups is 1. The lowest BCUT2D eigenvalue weighted by Crippen LogP contribution is -2.28. The van der Waals surface area contributed by atoms with Crippen molar-refractivity contribution in [3.8, 4) is 16.8 Å². The molecule has 1 aliphatic rings. The molecule has 34 heavy (non-hydrogen) atoms. The van der Waals surface area contributed by atoms with E-state index in [4.69, 9.17) is 9.72 Å². The second kappa shape index (κ2) is 8.64. The molecule has 0 amide bonds. The standard InChI is InChI=1S/C27H29N3O3S/c1-16-21(24(26(31)32)33-27(2,3)4)22(17-9-7-10-18(15-17)30-14-8-13-28-30)23-19-11-5-6-12-20(19)34-25(23)29-16/h7-10,13-15,24H,5-6,11-12H2,1-4H3,(H,31,32). The SMILES string of the molecule is Cc1nc2sc3c(c2c(-c2cccc(-n4cccn4)c2)c1C(OC(C)(C)C)C(=O)O)CCCC3. The van der Waals surface area contributed by atoms with Gasteiger partial charge in [-0.05, 0) is 82.7 Å². The number of thiophene rings is 1. The Kier molecular flexibility index (Phi) is 5.78. The molecule has 1 aliphatic carbocycles.